The number of benzene rings is 1. The molecule has 0 aromatic heterocycles. The van der Waals surface area contributed by atoms with Gasteiger partial charge in [0, 0.05) is 12.1 Å². The van der Waals surface area contributed by atoms with Gasteiger partial charge in [-0.15, -0.1) is 0 Å². The smallest absolute Gasteiger partial charge is 0.189 e. The van der Waals surface area contributed by atoms with Crippen LogP contribution in [0.5, 0.6) is 5.75 Å². The first kappa shape index (κ1) is 14.3. The summed E-state index contributed by atoms with van der Waals surface area (Å²) in [4.78, 5) is 0. The van der Waals surface area contributed by atoms with Crippen LogP contribution in [-0.4, -0.2) is 19.9 Å². The zero-order valence-corrected chi connectivity index (χ0v) is 11.5. The second-order valence-corrected chi connectivity index (χ2v) is 4.98. The molecule has 1 saturated carbocycles. The Bertz CT molecular complexity index is 394. The normalized spacial score (nSPS) is 14.6. The molecule has 1 N–H and O–H groups in total. The van der Waals surface area contributed by atoms with E-state index in [1.807, 2.05) is 6.07 Å². The van der Waals surface area contributed by atoms with Crippen LogP contribution in [0.1, 0.15) is 31.7 Å². The van der Waals surface area contributed by atoms with Gasteiger partial charge in [-0.3, -0.25) is 0 Å². The Morgan fingerprint density at radius 1 is 1.37 bits per heavy atom. The minimum Gasteiger partial charge on any atom is -0.464 e. The van der Waals surface area contributed by atoms with E-state index < -0.39 is 0 Å². The maximum atomic E-state index is 13.7. The maximum Gasteiger partial charge on any atom is 0.189 e. The van der Waals surface area contributed by atoms with Crippen molar-refractivity contribution in [1.82, 2.24) is 5.32 Å². The number of halogens is 1. The zero-order valence-electron chi connectivity index (χ0n) is 11.5. The predicted molar refractivity (Wildman–Crippen MR) is 72.6 cm³/mol. The van der Waals surface area contributed by atoms with Gasteiger partial charge in [-0.2, -0.15) is 0 Å². The average molecular weight is 267 g/mol. The van der Waals surface area contributed by atoms with E-state index in [0.29, 0.717) is 18.2 Å². The van der Waals surface area contributed by atoms with Crippen molar-refractivity contribution >= 4 is 0 Å². The van der Waals surface area contributed by atoms with Crippen molar-refractivity contribution < 1.29 is 13.9 Å². The summed E-state index contributed by atoms with van der Waals surface area (Å²) >= 11 is 0. The molecule has 1 aromatic rings. The monoisotopic (exact) mass is 267 g/mol. The van der Waals surface area contributed by atoms with Crippen molar-refractivity contribution in [3.8, 4) is 5.75 Å². The fourth-order valence-corrected chi connectivity index (χ4v) is 1.85. The number of rotatable bonds is 9. The summed E-state index contributed by atoms with van der Waals surface area (Å²) in [5, 5.41) is 3.25. The Morgan fingerprint density at radius 2 is 2.21 bits per heavy atom. The number of nitrogens with one attached hydrogen (secondary N) is 1. The largest absolute Gasteiger partial charge is 0.464 e. The summed E-state index contributed by atoms with van der Waals surface area (Å²) in [6.07, 6.45) is 3.54. The number of ether oxygens (including phenoxy) is 2. The van der Waals surface area contributed by atoms with Gasteiger partial charge in [-0.25, -0.2) is 4.39 Å². The summed E-state index contributed by atoms with van der Waals surface area (Å²) < 4.78 is 24.6. The van der Waals surface area contributed by atoms with Crippen LogP contribution in [0.25, 0.3) is 0 Å². The van der Waals surface area contributed by atoms with E-state index >= 15 is 0 Å². The van der Waals surface area contributed by atoms with E-state index in [4.69, 9.17) is 9.47 Å². The van der Waals surface area contributed by atoms with Crippen LogP contribution in [-0.2, 0) is 11.3 Å². The summed E-state index contributed by atoms with van der Waals surface area (Å²) in [6.45, 7) is 4.47. The highest BCUT2D eigenvalue weighted by atomic mass is 19.1. The van der Waals surface area contributed by atoms with Gasteiger partial charge >= 0.3 is 0 Å². The third-order valence-electron chi connectivity index (χ3n) is 3.13. The summed E-state index contributed by atoms with van der Waals surface area (Å²) in [5.41, 5.74) is 0.837. The van der Waals surface area contributed by atoms with Gasteiger partial charge in [0.1, 0.15) is 0 Å². The SMILES string of the molecule is CCCNCc1cccc(F)c1OCOCC1CC1. The maximum absolute atomic E-state index is 13.7. The van der Waals surface area contributed by atoms with Gasteiger partial charge in [0.05, 0.1) is 6.61 Å². The predicted octanol–water partition coefficient (Wildman–Crippen LogP) is 3.09. The van der Waals surface area contributed by atoms with Crippen LogP contribution in [0.3, 0.4) is 0 Å². The quantitative estimate of drug-likeness (QED) is 0.551. The lowest BCUT2D eigenvalue weighted by Crippen LogP contribution is -2.16. The Hall–Kier alpha value is -1.13. The summed E-state index contributed by atoms with van der Waals surface area (Å²) in [7, 11) is 0. The van der Waals surface area contributed by atoms with Gasteiger partial charge < -0.3 is 14.8 Å². The molecule has 106 valence electrons. The van der Waals surface area contributed by atoms with E-state index in [1.54, 1.807) is 6.07 Å². The molecule has 0 bridgehead atoms. The van der Waals surface area contributed by atoms with E-state index in [9.17, 15) is 4.39 Å². The van der Waals surface area contributed by atoms with Crippen molar-refractivity contribution in [3.05, 3.63) is 29.6 Å². The van der Waals surface area contributed by atoms with Crippen LogP contribution in [0.15, 0.2) is 18.2 Å². The Kier molecular flexibility index (Phi) is 5.61. The highest BCUT2D eigenvalue weighted by Gasteiger charge is 2.21. The topological polar surface area (TPSA) is 30.5 Å². The first-order valence-corrected chi connectivity index (χ1v) is 7.00. The highest BCUT2D eigenvalue weighted by molar-refractivity contribution is 5.34. The Balaban J connectivity index is 1.84. The van der Waals surface area contributed by atoms with E-state index in [0.717, 1.165) is 25.1 Å². The lowest BCUT2D eigenvalue weighted by atomic mass is 10.2. The average Bonchev–Trinajstić information content (AvgIpc) is 3.21. The first-order chi connectivity index (χ1) is 9.31. The van der Waals surface area contributed by atoms with Crippen molar-refractivity contribution in [2.45, 2.75) is 32.7 Å². The van der Waals surface area contributed by atoms with Crippen molar-refractivity contribution in [2.75, 3.05) is 19.9 Å². The second kappa shape index (κ2) is 7.46. The Labute approximate surface area is 114 Å². The molecular formula is C15H22FNO2. The molecule has 1 aliphatic rings. The van der Waals surface area contributed by atoms with Crippen LogP contribution in [0.4, 0.5) is 4.39 Å². The molecule has 4 heteroatoms. The number of hydrogen-bond donors (Lipinski definition) is 1. The molecule has 1 aliphatic carbocycles. The summed E-state index contributed by atoms with van der Waals surface area (Å²) in [6, 6.07) is 5.00. The van der Waals surface area contributed by atoms with Crippen LogP contribution >= 0.6 is 0 Å². The lowest BCUT2D eigenvalue weighted by molar-refractivity contribution is 0.00733. The lowest BCUT2D eigenvalue weighted by Gasteiger charge is -2.13. The van der Waals surface area contributed by atoms with Crippen molar-refractivity contribution in [2.24, 2.45) is 5.92 Å². The molecule has 19 heavy (non-hydrogen) atoms. The Morgan fingerprint density at radius 3 is 2.95 bits per heavy atom. The zero-order chi connectivity index (χ0) is 13.5. The van der Waals surface area contributed by atoms with E-state index in [-0.39, 0.29) is 12.6 Å². The molecule has 0 aliphatic heterocycles. The second-order valence-electron chi connectivity index (χ2n) is 4.98. The molecule has 0 saturated heterocycles. The molecule has 0 amide bonds. The van der Waals surface area contributed by atoms with Crippen molar-refractivity contribution in [3.63, 3.8) is 0 Å². The fraction of sp³-hybridized carbons (Fsp3) is 0.600. The standard InChI is InChI=1S/C15H22FNO2/c1-2-8-17-9-13-4-3-5-14(16)15(13)19-11-18-10-12-6-7-12/h3-5,12,17H,2,6-11H2,1H3. The van der Waals surface area contributed by atoms with Gasteiger partial charge in [-0.05, 0) is 37.8 Å². The first-order valence-electron chi connectivity index (χ1n) is 7.00. The van der Waals surface area contributed by atoms with Crippen LogP contribution < -0.4 is 10.1 Å². The number of para-hydroxylation sites is 1. The van der Waals surface area contributed by atoms with Crippen LogP contribution in [0.2, 0.25) is 0 Å². The molecule has 0 radical (unpaired) electrons. The van der Waals surface area contributed by atoms with Gasteiger partial charge in [0.15, 0.2) is 18.4 Å². The molecule has 1 aromatic carbocycles. The molecule has 2 rings (SSSR count). The molecule has 0 spiro atoms. The molecule has 0 atom stereocenters. The minimum absolute atomic E-state index is 0.123. The van der Waals surface area contributed by atoms with Crippen molar-refractivity contribution in [1.29, 1.82) is 0 Å². The minimum atomic E-state index is -0.328. The van der Waals surface area contributed by atoms with Gasteiger partial charge in [-0.1, -0.05) is 19.1 Å². The molecule has 0 unspecified atom stereocenters. The van der Waals surface area contributed by atoms with E-state index in [1.165, 1.54) is 18.9 Å². The van der Waals surface area contributed by atoms with Crippen LogP contribution in [0, 0.1) is 11.7 Å². The van der Waals surface area contributed by atoms with Gasteiger partial charge in [0.2, 0.25) is 0 Å². The number of hydrogen-bond acceptors (Lipinski definition) is 3. The summed E-state index contributed by atoms with van der Waals surface area (Å²) in [5.74, 6) is 0.669. The third kappa shape index (κ3) is 4.80. The molecule has 1 fully saturated rings. The molecule has 0 heterocycles. The van der Waals surface area contributed by atoms with Gasteiger partial charge in [0.25, 0.3) is 0 Å². The molecular weight excluding hydrogens is 245 g/mol. The highest BCUT2D eigenvalue weighted by Crippen LogP contribution is 2.29. The third-order valence-corrected chi connectivity index (χ3v) is 3.13. The molecule has 3 nitrogen and oxygen atoms in total. The van der Waals surface area contributed by atoms with E-state index in [2.05, 4.69) is 12.2 Å². The fourth-order valence-electron chi connectivity index (χ4n) is 1.85.